The van der Waals surface area contributed by atoms with Crippen molar-refractivity contribution in [1.82, 2.24) is 4.98 Å². The van der Waals surface area contributed by atoms with Gasteiger partial charge in [-0.25, -0.2) is 4.98 Å². The maximum atomic E-state index is 9.32. The highest BCUT2D eigenvalue weighted by molar-refractivity contribution is 5.56. The zero-order valence-corrected chi connectivity index (χ0v) is 12.0. The average Bonchev–Trinajstić information content (AvgIpc) is 2.50. The fourth-order valence-electron chi connectivity index (χ4n) is 2.61. The first-order valence-corrected chi connectivity index (χ1v) is 7.14. The third-order valence-electron chi connectivity index (χ3n) is 3.76. The summed E-state index contributed by atoms with van der Waals surface area (Å²) in [5.74, 6) is 0.908. The topological polar surface area (TPSA) is 71.9 Å². The minimum atomic E-state index is 0.357. The van der Waals surface area contributed by atoms with Crippen molar-refractivity contribution in [3.63, 3.8) is 0 Å². The van der Waals surface area contributed by atoms with Gasteiger partial charge in [-0.3, -0.25) is 0 Å². The highest BCUT2D eigenvalue weighted by Gasteiger charge is 2.17. The number of aromatic nitrogens is 1. The van der Waals surface area contributed by atoms with Gasteiger partial charge in [0.25, 0.3) is 0 Å². The van der Waals surface area contributed by atoms with Gasteiger partial charge in [0.05, 0.1) is 5.69 Å². The van der Waals surface area contributed by atoms with Crippen molar-refractivity contribution >= 4 is 5.69 Å². The van der Waals surface area contributed by atoms with E-state index in [1.165, 1.54) is 5.56 Å². The third kappa shape index (κ3) is 2.68. The Kier molecular flexibility index (Phi) is 3.49. The zero-order valence-electron chi connectivity index (χ0n) is 12.0. The minimum absolute atomic E-state index is 0.357. The van der Waals surface area contributed by atoms with E-state index in [0.717, 1.165) is 36.9 Å². The summed E-state index contributed by atoms with van der Waals surface area (Å²) in [4.78, 5) is 4.55. The van der Waals surface area contributed by atoms with Gasteiger partial charge in [0.15, 0.2) is 5.75 Å². The molecule has 1 heterocycles. The van der Waals surface area contributed by atoms with Crippen LogP contribution in [0.2, 0.25) is 0 Å². The van der Waals surface area contributed by atoms with Crippen molar-refractivity contribution in [1.29, 1.82) is 5.26 Å². The van der Waals surface area contributed by atoms with E-state index in [4.69, 9.17) is 10.5 Å². The maximum Gasteiger partial charge on any atom is 0.237 e. The molecular formula is C17H17N3O. The molecule has 0 aliphatic heterocycles. The molecule has 4 nitrogen and oxygen atoms in total. The van der Waals surface area contributed by atoms with Gasteiger partial charge in [-0.05, 0) is 61.9 Å². The van der Waals surface area contributed by atoms with Crippen LogP contribution in [0, 0.1) is 18.3 Å². The molecule has 0 radical (unpaired) electrons. The smallest absolute Gasteiger partial charge is 0.237 e. The van der Waals surface area contributed by atoms with E-state index in [2.05, 4.69) is 11.1 Å². The van der Waals surface area contributed by atoms with Gasteiger partial charge in [-0.2, -0.15) is 5.26 Å². The van der Waals surface area contributed by atoms with Gasteiger partial charge >= 0.3 is 0 Å². The Hall–Kier alpha value is -2.54. The number of nitrogens with two attached hydrogens (primary N) is 1. The van der Waals surface area contributed by atoms with Crippen LogP contribution in [0.5, 0.6) is 11.6 Å². The number of pyridine rings is 1. The highest BCUT2D eigenvalue weighted by Crippen LogP contribution is 2.31. The zero-order chi connectivity index (χ0) is 14.8. The molecule has 21 heavy (non-hydrogen) atoms. The summed E-state index contributed by atoms with van der Waals surface area (Å²) < 4.78 is 5.82. The predicted molar refractivity (Wildman–Crippen MR) is 81.3 cm³/mol. The Labute approximate surface area is 124 Å². The Balaban J connectivity index is 2.02. The fourth-order valence-corrected chi connectivity index (χ4v) is 2.61. The largest absolute Gasteiger partial charge is 0.435 e. The molecule has 1 aromatic heterocycles. The van der Waals surface area contributed by atoms with Crippen molar-refractivity contribution < 1.29 is 4.74 Å². The number of nitrogens with zero attached hydrogens (tertiary/aromatic N) is 2. The van der Waals surface area contributed by atoms with Crippen LogP contribution in [0.1, 0.15) is 35.2 Å². The second kappa shape index (κ2) is 5.45. The minimum Gasteiger partial charge on any atom is -0.435 e. The maximum absolute atomic E-state index is 9.32. The molecule has 0 spiro atoms. The van der Waals surface area contributed by atoms with Gasteiger partial charge in [0.2, 0.25) is 5.88 Å². The molecular weight excluding hydrogens is 262 g/mol. The summed E-state index contributed by atoms with van der Waals surface area (Å²) >= 11 is 0. The van der Waals surface area contributed by atoms with Gasteiger partial charge in [0.1, 0.15) is 11.6 Å². The fraction of sp³-hybridized carbons (Fsp3) is 0.294. The number of nitriles is 1. The lowest BCUT2D eigenvalue weighted by molar-refractivity contribution is 0.458. The number of ether oxygens (including phenoxy) is 1. The van der Waals surface area contributed by atoms with Crippen molar-refractivity contribution in [2.24, 2.45) is 0 Å². The van der Waals surface area contributed by atoms with E-state index in [9.17, 15) is 5.26 Å². The van der Waals surface area contributed by atoms with Gasteiger partial charge in [0, 0.05) is 5.69 Å². The van der Waals surface area contributed by atoms with Crippen molar-refractivity contribution in [2.75, 3.05) is 5.73 Å². The first-order chi connectivity index (χ1) is 10.2. The second-order valence-electron chi connectivity index (χ2n) is 5.41. The lowest BCUT2D eigenvalue weighted by Gasteiger charge is -2.17. The molecule has 1 aliphatic carbocycles. The second-order valence-corrected chi connectivity index (χ2v) is 5.41. The molecule has 0 saturated carbocycles. The van der Waals surface area contributed by atoms with E-state index in [-0.39, 0.29) is 0 Å². The van der Waals surface area contributed by atoms with Crippen LogP contribution in [-0.4, -0.2) is 4.98 Å². The molecule has 106 valence electrons. The molecule has 0 fully saturated rings. The lowest BCUT2D eigenvalue weighted by Crippen LogP contribution is -2.07. The van der Waals surface area contributed by atoms with Crippen LogP contribution in [0.25, 0.3) is 0 Å². The van der Waals surface area contributed by atoms with E-state index in [1.807, 2.05) is 25.1 Å². The molecule has 0 atom stereocenters. The number of aryl methyl sites for hydroxylation is 3. The normalized spacial score (nSPS) is 13.3. The molecule has 0 amide bonds. The number of rotatable bonds is 2. The Morgan fingerprint density at radius 1 is 1.24 bits per heavy atom. The number of nitrogen functional groups attached to an aromatic ring is 1. The van der Waals surface area contributed by atoms with E-state index in [0.29, 0.717) is 22.9 Å². The van der Waals surface area contributed by atoms with Crippen LogP contribution in [0.4, 0.5) is 5.69 Å². The average molecular weight is 279 g/mol. The van der Waals surface area contributed by atoms with Crippen molar-refractivity contribution in [3.8, 4) is 17.7 Å². The summed E-state index contributed by atoms with van der Waals surface area (Å²) in [6.45, 7) is 1.97. The molecule has 0 unspecified atom stereocenters. The van der Waals surface area contributed by atoms with E-state index in [1.54, 1.807) is 6.07 Å². The number of anilines is 1. The van der Waals surface area contributed by atoms with Gasteiger partial charge in [-0.15, -0.1) is 0 Å². The highest BCUT2D eigenvalue weighted by atomic mass is 16.5. The molecule has 1 aromatic carbocycles. The molecule has 3 rings (SSSR count). The predicted octanol–water partition coefficient (Wildman–Crippen LogP) is 3.52. The number of fused-ring (bicyclic) bond motifs is 1. The molecule has 2 N–H and O–H groups in total. The van der Waals surface area contributed by atoms with Crippen molar-refractivity contribution in [3.05, 3.63) is 46.6 Å². The van der Waals surface area contributed by atoms with Crippen LogP contribution in [0.3, 0.4) is 0 Å². The summed E-state index contributed by atoms with van der Waals surface area (Å²) in [5, 5.41) is 9.32. The third-order valence-corrected chi connectivity index (χ3v) is 3.76. The summed E-state index contributed by atoms with van der Waals surface area (Å²) in [6, 6.07) is 9.66. The first kappa shape index (κ1) is 13.4. The Morgan fingerprint density at radius 3 is 2.86 bits per heavy atom. The summed E-state index contributed by atoms with van der Waals surface area (Å²) in [7, 11) is 0. The lowest BCUT2D eigenvalue weighted by atomic mass is 9.95. The standard InChI is InChI=1S/C17H17N3O/c1-11-6-7-14(19)16(8-11)21-17-13(10-18)9-12-4-2-3-5-15(12)20-17/h6-9H,2-5,19H2,1H3. The quantitative estimate of drug-likeness (QED) is 0.854. The van der Waals surface area contributed by atoms with Crippen molar-refractivity contribution in [2.45, 2.75) is 32.6 Å². The molecule has 0 bridgehead atoms. The SMILES string of the molecule is Cc1ccc(N)c(Oc2nc3c(cc2C#N)CCCC3)c1. The van der Waals surface area contributed by atoms with Crippen LogP contribution < -0.4 is 10.5 Å². The number of hydrogen-bond donors (Lipinski definition) is 1. The molecule has 4 heteroatoms. The van der Waals surface area contributed by atoms with Gasteiger partial charge in [-0.1, -0.05) is 6.07 Å². The molecule has 1 aliphatic rings. The Morgan fingerprint density at radius 2 is 2.05 bits per heavy atom. The molecule has 0 saturated heterocycles. The van der Waals surface area contributed by atoms with Crippen LogP contribution in [-0.2, 0) is 12.8 Å². The Bertz CT molecular complexity index is 732. The van der Waals surface area contributed by atoms with Crippen LogP contribution in [0.15, 0.2) is 24.3 Å². The molecule has 2 aromatic rings. The van der Waals surface area contributed by atoms with Crippen LogP contribution >= 0.6 is 0 Å². The summed E-state index contributed by atoms with van der Waals surface area (Å²) in [6.07, 6.45) is 4.23. The number of hydrogen-bond acceptors (Lipinski definition) is 4. The van der Waals surface area contributed by atoms with E-state index >= 15 is 0 Å². The van der Waals surface area contributed by atoms with E-state index < -0.39 is 0 Å². The van der Waals surface area contributed by atoms with Gasteiger partial charge < -0.3 is 10.5 Å². The number of benzene rings is 1. The summed E-state index contributed by atoms with van der Waals surface area (Å²) in [5.41, 5.74) is 10.2. The monoisotopic (exact) mass is 279 g/mol. The first-order valence-electron chi connectivity index (χ1n) is 7.14.